The zero-order chi connectivity index (χ0) is 13.1. The number of anilines is 1. The Bertz CT molecular complexity index is 592. The molecule has 0 spiro atoms. The fourth-order valence-corrected chi connectivity index (χ4v) is 1.89. The summed E-state index contributed by atoms with van der Waals surface area (Å²) in [5.74, 6) is -1.60. The van der Waals surface area contributed by atoms with Gasteiger partial charge >= 0.3 is 5.97 Å². The van der Waals surface area contributed by atoms with Crippen molar-refractivity contribution in [2.45, 2.75) is 6.92 Å². The van der Waals surface area contributed by atoms with E-state index in [4.69, 9.17) is 5.11 Å². The molecule has 0 radical (unpaired) electrons. The van der Waals surface area contributed by atoms with E-state index in [-0.39, 0.29) is 10.7 Å². The number of nitrogens with zero attached hydrogens (tertiary/aromatic N) is 2. The second-order valence-corrected chi connectivity index (χ2v) is 4.34. The third-order valence-corrected chi connectivity index (χ3v) is 2.93. The quantitative estimate of drug-likeness (QED) is 0.880. The largest absolute Gasteiger partial charge is 0.476 e. The summed E-state index contributed by atoms with van der Waals surface area (Å²) in [7, 11) is 0. The van der Waals surface area contributed by atoms with Gasteiger partial charge in [0.05, 0.1) is 11.9 Å². The number of carboxylic acid groups (broad SMARTS) is 1. The Balaban J connectivity index is 2.11. The first kappa shape index (κ1) is 12.2. The maximum Gasteiger partial charge on any atom is 0.355 e. The van der Waals surface area contributed by atoms with E-state index in [0.29, 0.717) is 5.69 Å². The van der Waals surface area contributed by atoms with Crippen LogP contribution in [0.4, 0.5) is 5.69 Å². The smallest absolute Gasteiger partial charge is 0.355 e. The van der Waals surface area contributed by atoms with Gasteiger partial charge in [-0.05, 0) is 19.1 Å². The molecule has 6 nitrogen and oxygen atoms in total. The Morgan fingerprint density at radius 3 is 2.72 bits per heavy atom. The number of pyridine rings is 1. The van der Waals surface area contributed by atoms with E-state index < -0.39 is 11.9 Å². The van der Waals surface area contributed by atoms with Crippen LogP contribution in [0, 0.1) is 6.92 Å². The van der Waals surface area contributed by atoms with E-state index >= 15 is 0 Å². The highest BCUT2D eigenvalue weighted by Gasteiger charge is 2.14. The molecule has 0 aliphatic carbocycles. The highest BCUT2D eigenvalue weighted by Crippen LogP contribution is 2.13. The molecule has 2 aromatic rings. The number of hydrogen-bond acceptors (Lipinski definition) is 5. The Hall–Kier alpha value is -2.28. The number of nitrogens with one attached hydrogen (secondary N) is 1. The molecule has 0 unspecified atom stereocenters. The molecule has 0 aliphatic rings. The predicted molar refractivity (Wildman–Crippen MR) is 66.0 cm³/mol. The van der Waals surface area contributed by atoms with Crippen molar-refractivity contribution < 1.29 is 14.7 Å². The second kappa shape index (κ2) is 4.92. The summed E-state index contributed by atoms with van der Waals surface area (Å²) >= 11 is 0.984. The van der Waals surface area contributed by atoms with Crippen LogP contribution in [-0.4, -0.2) is 27.0 Å². The number of rotatable bonds is 3. The number of aromatic carboxylic acids is 1. The highest BCUT2D eigenvalue weighted by atomic mass is 32.1. The number of amides is 1. The second-order valence-electron chi connectivity index (χ2n) is 3.49. The molecule has 0 saturated heterocycles. The summed E-state index contributed by atoms with van der Waals surface area (Å²) in [6.07, 6.45) is 1.53. The van der Waals surface area contributed by atoms with Crippen LogP contribution >= 0.6 is 11.3 Å². The van der Waals surface area contributed by atoms with Crippen LogP contribution in [0.2, 0.25) is 0 Å². The van der Waals surface area contributed by atoms with Crippen LogP contribution in [0.1, 0.15) is 26.0 Å². The Morgan fingerprint density at radius 1 is 1.39 bits per heavy atom. The van der Waals surface area contributed by atoms with E-state index in [1.807, 2.05) is 6.92 Å². The lowest BCUT2D eigenvalue weighted by atomic mass is 10.3. The third-order valence-electron chi connectivity index (χ3n) is 2.09. The fraction of sp³-hybridized carbons (Fsp3) is 0.0909. The van der Waals surface area contributed by atoms with Gasteiger partial charge < -0.3 is 10.4 Å². The zero-order valence-electron chi connectivity index (χ0n) is 9.38. The van der Waals surface area contributed by atoms with Crippen molar-refractivity contribution in [3.63, 3.8) is 0 Å². The monoisotopic (exact) mass is 263 g/mol. The van der Waals surface area contributed by atoms with Gasteiger partial charge in [-0.25, -0.2) is 9.78 Å². The van der Waals surface area contributed by atoms with Gasteiger partial charge in [-0.15, -0.1) is 11.3 Å². The van der Waals surface area contributed by atoms with Crippen molar-refractivity contribution in [3.8, 4) is 0 Å². The maximum absolute atomic E-state index is 11.8. The minimum absolute atomic E-state index is 0.105. The molecule has 2 N–H and O–H groups in total. The summed E-state index contributed by atoms with van der Waals surface area (Å²) in [5, 5.41) is 12.7. The van der Waals surface area contributed by atoms with E-state index in [0.717, 1.165) is 17.0 Å². The van der Waals surface area contributed by atoms with Gasteiger partial charge in [-0.3, -0.25) is 9.78 Å². The van der Waals surface area contributed by atoms with Crippen molar-refractivity contribution in [2.24, 2.45) is 0 Å². The van der Waals surface area contributed by atoms with Crippen LogP contribution < -0.4 is 5.32 Å². The Labute approximate surface area is 106 Å². The molecule has 7 heteroatoms. The standard InChI is InChI=1S/C11H9N3O3S/c1-6-2-3-7(4-12-6)13-9(15)10-14-8(5-18-10)11(16)17/h2-5H,1H3,(H,13,15)(H,16,17). The number of carbonyl (C=O) groups is 2. The van der Waals surface area contributed by atoms with Crippen molar-refractivity contribution in [3.05, 3.63) is 40.1 Å². The Morgan fingerprint density at radius 2 is 2.17 bits per heavy atom. The predicted octanol–water partition coefficient (Wildman–Crippen LogP) is 1.80. The normalized spacial score (nSPS) is 10.1. The van der Waals surface area contributed by atoms with Crippen LogP contribution in [0.3, 0.4) is 0 Å². The SMILES string of the molecule is Cc1ccc(NC(=O)c2nc(C(=O)O)cs2)cn1. The Kier molecular flexibility index (Phi) is 3.33. The van der Waals surface area contributed by atoms with Crippen LogP contribution in [0.25, 0.3) is 0 Å². The van der Waals surface area contributed by atoms with Gasteiger partial charge in [0.2, 0.25) is 0 Å². The van der Waals surface area contributed by atoms with E-state index in [1.54, 1.807) is 12.1 Å². The van der Waals surface area contributed by atoms with E-state index in [1.165, 1.54) is 11.6 Å². The first-order valence-corrected chi connectivity index (χ1v) is 5.87. The van der Waals surface area contributed by atoms with E-state index in [9.17, 15) is 9.59 Å². The number of carbonyl (C=O) groups excluding carboxylic acids is 1. The molecule has 2 heterocycles. The molecule has 0 fully saturated rings. The molecular formula is C11H9N3O3S. The van der Waals surface area contributed by atoms with Gasteiger partial charge in [0, 0.05) is 11.1 Å². The molecular weight excluding hydrogens is 254 g/mol. The maximum atomic E-state index is 11.8. The van der Waals surface area contributed by atoms with Crippen LogP contribution in [0.5, 0.6) is 0 Å². The molecule has 0 aromatic carbocycles. The molecule has 0 atom stereocenters. The van der Waals surface area contributed by atoms with Gasteiger partial charge in [-0.1, -0.05) is 0 Å². The number of hydrogen-bond donors (Lipinski definition) is 2. The van der Waals surface area contributed by atoms with Gasteiger partial charge in [0.1, 0.15) is 0 Å². The zero-order valence-corrected chi connectivity index (χ0v) is 10.2. The minimum atomic E-state index is -1.15. The molecule has 0 aliphatic heterocycles. The fourth-order valence-electron chi connectivity index (χ4n) is 1.20. The molecule has 2 aromatic heterocycles. The van der Waals surface area contributed by atoms with Gasteiger partial charge in [0.15, 0.2) is 10.7 Å². The molecule has 92 valence electrons. The summed E-state index contributed by atoms with van der Waals surface area (Å²) < 4.78 is 0. The lowest BCUT2D eigenvalue weighted by molar-refractivity contribution is 0.0691. The van der Waals surface area contributed by atoms with Crippen molar-refractivity contribution in [2.75, 3.05) is 5.32 Å². The van der Waals surface area contributed by atoms with Gasteiger partial charge in [0.25, 0.3) is 5.91 Å². The van der Waals surface area contributed by atoms with Crippen molar-refractivity contribution in [1.82, 2.24) is 9.97 Å². The highest BCUT2D eigenvalue weighted by molar-refractivity contribution is 7.12. The summed E-state index contributed by atoms with van der Waals surface area (Å²) in [5.41, 5.74) is 1.25. The lowest BCUT2D eigenvalue weighted by Crippen LogP contribution is -2.12. The molecule has 18 heavy (non-hydrogen) atoms. The summed E-state index contributed by atoms with van der Waals surface area (Å²) in [6.45, 7) is 1.84. The number of carboxylic acids is 1. The summed E-state index contributed by atoms with van der Waals surface area (Å²) in [4.78, 5) is 30.1. The first-order chi connectivity index (χ1) is 8.56. The van der Waals surface area contributed by atoms with Crippen LogP contribution in [-0.2, 0) is 0 Å². The molecule has 0 saturated carbocycles. The molecule has 2 rings (SSSR count). The molecule has 1 amide bonds. The minimum Gasteiger partial charge on any atom is -0.476 e. The average Bonchev–Trinajstić information content (AvgIpc) is 2.81. The first-order valence-electron chi connectivity index (χ1n) is 4.99. The van der Waals surface area contributed by atoms with Crippen molar-refractivity contribution in [1.29, 1.82) is 0 Å². The van der Waals surface area contributed by atoms with Crippen LogP contribution in [0.15, 0.2) is 23.7 Å². The van der Waals surface area contributed by atoms with E-state index in [2.05, 4.69) is 15.3 Å². The van der Waals surface area contributed by atoms with Crippen molar-refractivity contribution >= 4 is 28.9 Å². The number of aromatic nitrogens is 2. The third kappa shape index (κ3) is 2.69. The lowest BCUT2D eigenvalue weighted by Gasteiger charge is -2.02. The molecule has 0 bridgehead atoms. The summed E-state index contributed by atoms with van der Waals surface area (Å²) in [6, 6.07) is 3.48. The number of thiazole rings is 1. The van der Waals surface area contributed by atoms with Gasteiger partial charge in [-0.2, -0.15) is 0 Å². The topological polar surface area (TPSA) is 92.2 Å². The number of aryl methyl sites for hydroxylation is 1. The average molecular weight is 263 g/mol.